The van der Waals surface area contributed by atoms with Gasteiger partial charge in [0.15, 0.2) is 5.13 Å². The van der Waals surface area contributed by atoms with E-state index in [-0.39, 0.29) is 11.9 Å². The van der Waals surface area contributed by atoms with E-state index in [1.54, 1.807) is 0 Å². The lowest BCUT2D eigenvalue weighted by atomic mass is 9.88. The summed E-state index contributed by atoms with van der Waals surface area (Å²) in [5.74, 6) is 0.0129. The molecular weight excluding hydrogens is 334 g/mol. The van der Waals surface area contributed by atoms with Gasteiger partial charge in [0.1, 0.15) is 4.88 Å². The van der Waals surface area contributed by atoms with Crippen molar-refractivity contribution in [3.63, 3.8) is 0 Å². The molecule has 2 aromatic rings. The first kappa shape index (κ1) is 16.5. The number of benzene rings is 1. The first-order valence-corrected chi connectivity index (χ1v) is 9.70. The van der Waals surface area contributed by atoms with Gasteiger partial charge in [-0.2, -0.15) is 0 Å². The highest BCUT2D eigenvalue weighted by atomic mass is 32.1. The fourth-order valence-electron chi connectivity index (χ4n) is 3.55. The number of ether oxygens (including phenoxy) is 1. The summed E-state index contributed by atoms with van der Waals surface area (Å²) in [5.41, 5.74) is 3.59. The van der Waals surface area contributed by atoms with Gasteiger partial charge in [-0.3, -0.25) is 4.79 Å². The molecule has 1 aromatic heterocycles. The van der Waals surface area contributed by atoms with Gasteiger partial charge in [0, 0.05) is 19.1 Å². The molecule has 2 aliphatic rings. The van der Waals surface area contributed by atoms with E-state index >= 15 is 0 Å². The molecule has 1 aliphatic carbocycles. The van der Waals surface area contributed by atoms with Crippen LogP contribution in [0.5, 0.6) is 0 Å². The van der Waals surface area contributed by atoms with Crippen molar-refractivity contribution >= 4 is 22.4 Å². The van der Waals surface area contributed by atoms with Crippen LogP contribution in [0.25, 0.3) is 0 Å². The van der Waals surface area contributed by atoms with Gasteiger partial charge in [0.2, 0.25) is 0 Å². The van der Waals surface area contributed by atoms with Gasteiger partial charge < -0.3 is 15.0 Å². The lowest BCUT2D eigenvalue weighted by molar-refractivity contribution is 0.0937. The topological polar surface area (TPSA) is 54.5 Å². The third-order valence-corrected chi connectivity index (χ3v) is 6.17. The number of thiazole rings is 1. The van der Waals surface area contributed by atoms with Crippen LogP contribution in [0.4, 0.5) is 5.13 Å². The average Bonchev–Trinajstić information content (AvgIpc) is 3.04. The summed E-state index contributed by atoms with van der Waals surface area (Å²) >= 11 is 1.50. The number of hydrogen-bond donors (Lipinski definition) is 1. The zero-order chi connectivity index (χ0) is 17.2. The number of nitrogens with zero attached hydrogens (tertiary/aromatic N) is 2. The van der Waals surface area contributed by atoms with Gasteiger partial charge in [-0.1, -0.05) is 35.6 Å². The second kappa shape index (κ2) is 7.14. The number of anilines is 1. The zero-order valence-electron chi connectivity index (χ0n) is 14.5. The van der Waals surface area contributed by atoms with Crippen LogP contribution in [0.1, 0.15) is 32.9 Å². The van der Waals surface area contributed by atoms with E-state index in [9.17, 15) is 4.79 Å². The van der Waals surface area contributed by atoms with Gasteiger partial charge in [-0.25, -0.2) is 4.98 Å². The quantitative estimate of drug-likeness (QED) is 0.917. The number of aromatic nitrogens is 1. The Kier molecular flexibility index (Phi) is 4.72. The maximum absolute atomic E-state index is 12.8. The molecule has 0 bridgehead atoms. The lowest BCUT2D eigenvalue weighted by Gasteiger charge is -2.26. The highest BCUT2D eigenvalue weighted by molar-refractivity contribution is 7.17. The van der Waals surface area contributed by atoms with Crippen LogP contribution in [0, 0.1) is 6.92 Å². The van der Waals surface area contributed by atoms with E-state index in [0.29, 0.717) is 0 Å². The van der Waals surface area contributed by atoms with Gasteiger partial charge in [-0.15, -0.1) is 0 Å². The summed E-state index contributed by atoms with van der Waals surface area (Å²) in [6, 6.07) is 8.73. The van der Waals surface area contributed by atoms with E-state index in [4.69, 9.17) is 4.74 Å². The summed E-state index contributed by atoms with van der Waals surface area (Å²) in [6.45, 7) is 5.05. The number of carbonyl (C=O) groups is 1. The molecule has 0 spiro atoms. The first-order chi connectivity index (χ1) is 12.2. The fraction of sp³-hybridized carbons (Fsp3) is 0.474. The number of carbonyl (C=O) groups excluding carboxylic acids is 1. The highest BCUT2D eigenvalue weighted by Crippen LogP contribution is 2.27. The van der Waals surface area contributed by atoms with Gasteiger partial charge in [-0.05, 0) is 37.3 Å². The molecular formula is C19H23N3O2S. The first-order valence-electron chi connectivity index (χ1n) is 8.88. The van der Waals surface area contributed by atoms with Crippen LogP contribution in [0.3, 0.4) is 0 Å². The van der Waals surface area contributed by atoms with Crippen LogP contribution in [0.15, 0.2) is 24.3 Å². The van der Waals surface area contributed by atoms with Gasteiger partial charge >= 0.3 is 0 Å². The summed E-state index contributed by atoms with van der Waals surface area (Å²) < 4.78 is 5.39. The Morgan fingerprint density at radius 1 is 1.28 bits per heavy atom. The predicted octanol–water partition coefficient (Wildman–Crippen LogP) is 2.58. The van der Waals surface area contributed by atoms with Crippen LogP contribution in [0.2, 0.25) is 0 Å². The van der Waals surface area contributed by atoms with E-state index in [1.165, 1.54) is 22.5 Å². The van der Waals surface area contributed by atoms with Crippen molar-refractivity contribution in [3.05, 3.63) is 46.0 Å². The Morgan fingerprint density at radius 2 is 2.04 bits per heavy atom. The fourth-order valence-corrected chi connectivity index (χ4v) is 4.58. The van der Waals surface area contributed by atoms with E-state index in [0.717, 1.165) is 61.3 Å². The standard InChI is InChI=1S/C19H23N3O2S/c1-13-17(25-19(20-13)22-8-10-24-11-9-22)18(23)21-16-7-6-14-4-2-3-5-15(14)12-16/h2-5,16H,6-12H2,1H3,(H,21,23). The highest BCUT2D eigenvalue weighted by Gasteiger charge is 2.24. The maximum Gasteiger partial charge on any atom is 0.263 e. The minimum Gasteiger partial charge on any atom is -0.378 e. The van der Waals surface area contributed by atoms with E-state index < -0.39 is 0 Å². The zero-order valence-corrected chi connectivity index (χ0v) is 15.3. The molecule has 2 heterocycles. The minimum atomic E-state index is 0.0129. The molecule has 25 heavy (non-hydrogen) atoms. The second-order valence-electron chi connectivity index (χ2n) is 6.69. The number of aryl methyl sites for hydroxylation is 2. The van der Waals surface area contributed by atoms with Crippen molar-refractivity contribution in [2.24, 2.45) is 0 Å². The Morgan fingerprint density at radius 3 is 2.84 bits per heavy atom. The van der Waals surface area contributed by atoms with Crippen LogP contribution >= 0.6 is 11.3 Å². The summed E-state index contributed by atoms with van der Waals surface area (Å²) in [5, 5.41) is 4.15. The lowest BCUT2D eigenvalue weighted by Crippen LogP contribution is -2.38. The molecule has 0 saturated carbocycles. The molecule has 1 atom stereocenters. The van der Waals surface area contributed by atoms with Crippen molar-refractivity contribution < 1.29 is 9.53 Å². The van der Waals surface area contributed by atoms with Gasteiger partial charge in [0.25, 0.3) is 5.91 Å². The van der Waals surface area contributed by atoms with Gasteiger partial charge in [0.05, 0.1) is 18.9 Å². The number of nitrogens with one attached hydrogen (secondary N) is 1. The van der Waals surface area contributed by atoms with Crippen molar-refractivity contribution in [2.75, 3.05) is 31.2 Å². The molecule has 1 aromatic carbocycles. The molecule has 5 nitrogen and oxygen atoms in total. The summed E-state index contributed by atoms with van der Waals surface area (Å²) in [7, 11) is 0. The van der Waals surface area contributed by atoms with Crippen LogP contribution < -0.4 is 10.2 Å². The average molecular weight is 357 g/mol. The summed E-state index contributed by atoms with van der Waals surface area (Å²) in [6.07, 6.45) is 2.94. The van der Waals surface area contributed by atoms with E-state index in [2.05, 4.69) is 39.5 Å². The SMILES string of the molecule is Cc1nc(N2CCOCC2)sc1C(=O)NC1CCc2ccccc2C1. The molecule has 0 radical (unpaired) electrons. The van der Waals surface area contributed by atoms with Crippen LogP contribution in [-0.2, 0) is 17.6 Å². The molecule has 132 valence electrons. The number of rotatable bonds is 3. The van der Waals surface area contributed by atoms with Crippen LogP contribution in [-0.4, -0.2) is 43.2 Å². The Labute approximate surface area is 152 Å². The van der Waals surface area contributed by atoms with Crippen molar-refractivity contribution in [2.45, 2.75) is 32.2 Å². The number of hydrogen-bond acceptors (Lipinski definition) is 5. The van der Waals surface area contributed by atoms with Crippen molar-refractivity contribution in [1.82, 2.24) is 10.3 Å². The van der Waals surface area contributed by atoms with Crippen molar-refractivity contribution in [3.8, 4) is 0 Å². The maximum atomic E-state index is 12.8. The predicted molar refractivity (Wildman–Crippen MR) is 99.6 cm³/mol. The smallest absolute Gasteiger partial charge is 0.263 e. The molecule has 1 amide bonds. The normalized spacial score (nSPS) is 20.2. The largest absolute Gasteiger partial charge is 0.378 e. The number of amides is 1. The third-order valence-electron chi connectivity index (χ3n) is 4.96. The summed E-state index contributed by atoms with van der Waals surface area (Å²) in [4.78, 5) is 20.3. The minimum absolute atomic E-state index is 0.0129. The molecule has 1 aliphatic heterocycles. The molecule has 4 rings (SSSR count). The Bertz CT molecular complexity index is 768. The Hall–Kier alpha value is -1.92. The molecule has 1 N–H and O–H groups in total. The molecule has 1 saturated heterocycles. The number of fused-ring (bicyclic) bond motifs is 1. The Balaban J connectivity index is 1.44. The monoisotopic (exact) mass is 357 g/mol. The second-order valence-corrected chi connectivity index (χ2v) is 7.67. The number of morpholine rings is 1. The molecule has 6 heteroatoms. The third kappa shape index (κ3) is 3.55. The molecule has 1 fully saturated rings. The van der Waals surface area contributed by atoms with E-state index in [1.807, 2.05) is 6.92 Å². The van der Waals surface area contributed by atoms with Crippen molar-refractivity contribution in [1.29, 1.82) is 0 Å². The molecule has 1 unspecified atom stereocenters.